The maximum absolute atomic E-state index is 6.34. The third kappa shape index (κ3) is 2.43. The number of hydrogen-bond donors (Lipinski definition) is 1. The Morgan fingerprint density at radius 1 is 1.56 bits per heavy atom. The predicted octanol–water partition coefficient (Wildman–Crippen LogP) is 3.08. The fraction of sp³-hybridized carbons (Fsp3) is 0.786. The highest BCUT2D eigenvalue weighted by molar-refractivity contribution is 6.30. The van der Waals surface area contributed by atoms with Crippen LogP contribution in [0.3, 0.4) is 0 Å². The van der Waals surface area contributed by atoms with Crippen molar-refractivity contribution in [1.82, 2.24) is 9.78 Å². The molecule has 0 spiro atoms. The molecule has 0 amide bonds. The molecule has 0 saturated heterocycles. The minimum absolute atomic E-state index is 0.248. The summed E-state index contributed by atoms with van der Waals surface area (Å²) in [6, 6.07) is 0. The van der Waals surface area contributed by atoms with Gasteiger partial charge in [-0.25, -0.2) is 0 Å². The second-order valence-electron chi connectivity index (χ2n) is 5.88. The zero-order chi connectivity index (χ0) is 13.3. The average molecular weight is 270 g/mol. The summed E-state index contributed by atoms with van der Waals surface area (Å²) in [6.07, 6.45) is 6.03. The molecule has 4 heteroatoms. The number of aryl methyl sites for hydroxylation is 2. The van der Waals surface area contributed by atoms with E-state index in [1.807, 2.05) is 14.0 Å². The maximum atomic E-state index is 6.34. The second-order valence-corrected chi connectivity index (χ2v) is 6.23. The number of halogens is 1. The highest BCUT2D eigenvalue weighted by Crippen LogP contribution is 2.45. The van der Waals surface area contributed by atoms with Crippen LogP contribution in [0.2, 0.25) is 5.15 Å². The smallest absolute Gasteiger partial charge is 0.130 e. The largest absolute Gasteiger partial charge is 0.330 e. The highest BCUT2D eigenvalue weighted by Gasteiger charge is 2.38. The first-order chi connectivity index (χ1) is 8.51. The van der Waals surface area contributed by atoms with E-state index in [4.69, 9.17) is 17.3 Å². The summed E-state index contributed by atoms with van der Waals surface area (Å²) < 4.78 is 1.77. The third-order valence-electron chi connectivity index (χ3n) is 4.64. The van der Waals surface area contributed by atoms with Crippen LogP contribution in [-0.2, 0) is 13.5 Å². The molecular weight excluding hydrogens is 246 g/mol. The quantitative estimate of drug-likeness (QED) is 0.913. The Kier molecular flexibility index (Phi) is 4.02. The van der Waals surface area contributed by atoms with Crippen molar-refractivity contribution in [3.63, 3.8) is 0 Å². The van der Waals surface area contributed by atoms with Crippen molar-refractivity contribution in [2.75, 3.05) is 6.54 Å². The standard InChI is InChI=1S/C14H24ClN3/c1-4-11-5-6-14(7-11,9-16)8-12-10(2)17-18(3)13(12)15/h11H,4-9,16H2,1-3H3. The van der Waals surface area contributed by atoms with Gasteiger partial charge in [-0.15, -0.1) is 0 Å². The van der Waals surface area contributed by atoms with Gasteiger partial charge in [0.2, 0.25) is 0 Å². The van der Waals surface area contributed by atoms with E-state index in [0.717, 1.165) is 29.7 Å². The Morgan fingerprint density at radius 2 is 2.28 bits per heavy atom. The van der Waals surface area contributed by atoms with Gasteiger partial charge in [0.15, 0.2) is 0 Å². The lowest BCUT2D eigenvalue weighted by Gasteiger charge is -2.28. The van der Waals surface area contributed by atoms with Gasteiger partial charge in [0.1, 0.15) is 5.15 Å². The van der Waals surface area contributed by atoms with Crippen LogP contribution in [0.4, 0.5) is 0 Å². The van der Waals surface area contributed by atoms with Crippen LogP contribution in [0, 0.1) is 18.3 Å². The van der Waals surface area contributed by atoms with Crippen molar-refractivity contribution in [2.45, 2.75) is 46.0 Å². The van der Waals surface area contributed by atoms with E-state index in [9.17, 15) is 0 Å². The van der Waals surface area contributed by atoms with E-state index >= 15 is 0 Å². The van der Waals surface area contributed by atoms with Gasteiger partial charge in [-0.05, 0) is 50.5 Å². The van der Waals surface area contributed by atoms with Gasteiger partial charge >= 0.3 is 0 Å². The van der Waals surface area contributed by atoms with Crippen LogP contribution in [-0.4, -0.2) is 16.3 Å². The number of aromatic nitrogens is 2. The normalized spacial score (nSPS) is 27.9. The molecule has 0 radical (unpaired) electrons. The fourth-order valence-electron chi connectivity index (χ4n) is 3.34. The molecule has 1 aromatic heterocycles. The van der Waals surface area contributed by atoms with Crippen molar-refractivity contribution in [3.8, 4) is 0 Å². The van der Waals surface area contributed by atoms with E-state index in [2.05, 4.69) is 12.0 Å². The summed E-state index contributed by atoms with van der Waals surface area (Å²) in [6.45, 7) is 5.07. The molecule has 2 atom stereocenters. The summed E-state index contributed by atoms with van der Waals surface area (Å²) >= 11 is 6.34. The summed E-state index contributed by atoms with van der Waals surface area (Å²) in [5, 5.41) is 5.18. The van der Waals surface area contributed by atoms with Crippen LogP contribution in [0.25, 0.3) is 0 Å². The van der Waals surface area contributed by atoms with E-state index in [0.29, 0.717) is 0 Å². The summed E-state index contributed by atoms with van der Waals surface area (Å²) in [5.74, 6) is 0.837. The van der Waals surface area contributed by atoms with Crippen molar-refractivity contribution in [1.29, 1.82) is 0 Å². The zero-order valence-corrected chi connectivity index (χ0v) is 12.4. The molecule has 1 fully saturated rings. The molecule has 1 heterocycles. The summed E-state index contributed by atoms with van der Waals surface area (Å²) in [7, 11) is 1.90. The molecule has 3 nitrogen and oxygen atoms in total. The number of rotatable bonds is 4. The number of hydrogen-bond acceptors (Lipinski definition) is 2. The first-order valence-corrected chi connectivity index (χ1v) is 7.27. The van der Waals surface area contributed by atoms with Gasteiger partial charge < -0.3 is 5.73 Å². The Morgan fingerprint density at radius 3 is 2.72 bits per heavy atom. The van der Waals surface area contributed by atoms with E-state index in [-0.39, 0.29) is 5.41 Å². The van der Waals surface area contributed by atoms with Crippen LogP contribution in [0.5, 0.6) is 0 Å². The first kappa shape index (κ1) is 13.9. The SMILES string of the molecule is CCC1CCC(CN)(Cc2c(C)nn(C)c2Cl)C1. The van der Waals surface area contributed by atoms with Gasteiger partial charge in [-0.1, -0.05) is 24.9 Å². The Balaban J connectivity index is 2.21. The molecule has 2 N–H and O–H groups in total. The monoisotopic (exact) mass is 269 g/mol. The van der Waals surface area contributed by atoms with Crippen molar-refractivity contribution < 1.29 is 0 Å². The number of nitrogens with zero attached hydrogens (tertiary/aromatic N) is 2. The summed E-state index contributed by atoms with van der Waals surface area (Å²) in [4.78, 5) is 0. The van der Waals surface area contributed by atoms with Gasteiger partial charge in [0.25, 0.3) is 0 Å². The van der Waals surface area contributed by atoms with E-state index in [1.54, 1.807) is 4.68 Å². The molecule has 0 aromatic carbocycles. The van der Waals surface area contributed by atoms with Crippen LogP contribution < -0.4 is 5.73 Å². The van der Waals surface area contributed by atoms with E-state index in [1.165, 1.54) is 31.2 Å². The minimum Gasteiger partial charge on any atom is -0.330 e. The minimum atomic E-state index is 0.248. The molecule has 0 bridgehead atoms. The lowest BCUT2D eigenvalue weighted by Crippen LogP contribution is -2.30. The average Bonchev–Trinajstić information content (AvgIpc) is 2.88. The first-order valence-electron chi connectivity index (χ1n) is 6.89. The molecule has 102 valence electrons. The predicted molar refractivity (Wildman–Crippen MR) is 75.8 cm³/mol. The molecule has 2 unspecified atom stereocenters. The lowest BCUT2D eigenvalue weighted by atomic mass is 9.79. The molecule has 1 aliphatic rings. The summed E-state index contributed by atoms with van der Waals surface area (Å²) in [5.41, 5.74) is 8.57. The van der Waals surface area contributed by atoms with Crippen molar-refractivity contribution >= 4 is 11.6 Å². The third-order valence-corrected chi connectivity index (χ3v) is 5.11. The van der Waals surface area contributed by atoms with Crippen molar-refractivity contribution in [3.05, 3.63) is 16.4 Å². The Labute approximate surface area is 115 Å². The zero-order valence-electron chi connectivity index (χ0n) is 11.7. The Hall–Kier alpha value is -0.540. The fourth-order valence-corrected chi connectivity index (χ4v) is 3.58. The molecule has 18 heavy (non-hydrogen) atoms. The molecule has 2 rings (SSSR count). The molecule has 1 saturated carbocycles. The molecule has 1 aromatic rings. The van der Waals surface area contributed by atoms with Crippen molar-refractivity contribution in [2.24, 2.45) is 24.1 Å². The van der Waals surface area contributed by atoms with Crippen LogP contribution in [0.15, 0.2) is 0 Å². The van der Waals surface area contributed by atoms with Crippen LogP contribution in [0.1, 0.15) is 43.9 Å². The highest BCUT2D eigenvalue weighted by atomic mass is 35.5. The van der Waals surface area contributed by atoms with Gasteiger partial charge in [-0.3, -0.25) is 4.68 Å². The topological polar surface area (TPSA) is 43.8 Å². The van der Waals surface area contributed by atoms with Gasteiger partial charge in [-0.2, -0.15) is 5.10 Å². The van der Waals surface area contributed by atoms with Gasteiger partial charge in [0, 0.05) is 12.6 Å². The number of nitrogens with two attached hydrogens (primary N) is 1. The molecule has 1 aliphatic carbocycles. The maximum Gasteiger partial charge on any atom is 0.130 e. The van der Waals surface area contributed by atoms with E-state index < -0.39 is 0 Å². The lowest BCUT2D eigenvalue weighted by molar-refractivity contribution is 0.290. The van der Waals surface area contributed by atoms with Crippen LogP contribution >= 0.6 is 11.6 Å². The Bertz CT molecular complexity index is 427. The molecular formula is C14H24ClN3. The van der Waals surface area contributed by atoms with Gasteiger partial charge in [0.05, 0.1) is 5.69 Å². The second kappa shape index (κ2) is 5.22. The molecule has 0 aliphatic heterocycles.